The Hall–Kier alpha value is -1.52. The van der Waals surface area contributed by atoms with E-state index in [1.54, 1.807) is 14.2 Å². The van der Waals surface area contributed by atoms with Crippen LogP contribution in [0.5, 0.6) is 11.5 Å². The summed E-state index contributed by atoms with van der Waals surface area (Å²) in [6.07, 6.45) is 0. The van der Waals surface area contributed by atoms with Crippen LogP contribution in [0.2, 0.25) is 0 Å². The number of halogens is 1. The zero-order valence-corrected chi connectivity index (χ0v) is 13.1. The van der Waals surface area contributed by atoms with Crippen molar-refractivity contribution < 1.29 is 14.2 Å². The van der Waals surface area contributed by atoms with Gasteiger partial charge < -0.3 is 14.2 Å². The smallest absolute Gasteiger partial charge is 0.125 e. The zero-order valence-electron chi connectivity index (χ0n) is 11.6. The van der Waals surface area contributed by atoms with Gasteiger partial charge in [-0.15, -0.1) is 0 Å². The molecule has 3 nitrogen and oxygen atoms in total. The minimum absolute atomic E-state index is 0.457. The van der Waals surface area contributed by atoms with Crippen molar-refractivity contribution in [3.8, 4) is 11.5 Å². The molecule has 0 heterocycles. The first-order chi connectivity index (χ1) is 9.72. The molecule has 2 aromatic rings. The van der Waals surface area contributed by atoms with Gasteiger partial charge in [0.1, 0.15) is 18.1 Å². The predicted molar refractivity (Wildman–Crippen MR) is 82.2 cm³/mol. The standard InChI is InChI=1S/C16H17BrO3/c1-18-10-12-4-3-5-15(8-12)20-11-13-9-14(17)6-7-16(13)19-2/h3-9H,10-11H2,1-2H3. The summed E-state index contributed by atoms with van der Waals surface area (Å²) in [5, 5.41) is 0. The second kappa shape index (κ2) is 7.31. The third kappa shape index (κ3) is 3.99. The molecule has 0 aliphatic rings. The molecule has 0 saturated carbocycles. The van der Waals surface area contributed by atoms with Crippen LogP contribution in [-0.2, 0) is 18.0 Å². The Morgan fingerprint density at radius 2 is 1.85 bits per heavy atom. The van der Waals surface area contributed by atoms with Crippen molar-refractivity contribution in [2.75, 3.05) is 14.2 Å². The second-order valence-electron chi connectivity index (χ2n) is 4.33. The lowest BCUT2D eigenvalue weighted by Crippen LogP contribution is -1.99. The first-order valence-electron chi connectivity index (χ1n) is 6.26. The number of hydrogen-bond donors (Lipinski definition) is 0. The van der Waals surface area contributed by atoms with Crippen LogP contribution in [0.15, 0.2) is 46.9 Å². The maximum atomic E-state index is 5.82. The summed E-state index contributed by atoms with van der Waals surface area (Å²) in [4.78, 5) is 0. The molecule has 0 aromatic heterocycles. The van der Waals surface area contributed by atoms with E-state index < -0.39 is 0 Å². The van der Waals surface area contributed by atoms with Crippen LogP contribution >= 0.6 is 15.9 Å². The molecule has 0 amide bonds. The van der Waals surface area contributed by atoms with Crippen LogP contribution in [-0.4, -0.2) is 14.2 Å². The summed E-state index contributed by atoms with van der Waals surface area (Å²) in [6, 6.07) is 13.7. The highest BCUT2D eigenvalue weighted by Crippen LogP contribution is 2.25. The number of ether oxygens (including phenoxy) is 3. The molecule has 4 heteroatoms. The van der Waals surface area contributed by atoms with E-state index in [9.17, 15) is 0 Å². The fourth-order valence-corrected chi connectivity index (χ4v) is 2.32. The Morgan fingerprint density at radius 3 is 2.60 bits per heavy atom. The molecule has 0 spiro atoms. The lowest BCUT2D eigenvalue weighted by molar-refractivity contribution is 0.184. The molecule has 0 atom stereocenters. The maximum absolute atomic E-state index is 5.82. The Balaban J connectivity index is 2.08. The van der Waals surface area contributed by atoms with E-state index in [0.717, 1.165) is 27.1 Å². The predicted octanol–water partition coefficient (Wildman–Crippen LogP) is 4.18. The Kier molecular flexibility index (Phi) is 5.44. The zero-order chi connectivity index (χ0) is 14.4. The molecular formula is C16H17BrO3. The first-order valence-corrected chi connectivity index (χ1v) is 7.05. The summed E-state index contributed by atoms with van der Waals surface area (Å²) in [5.41, 5.74) is 2.09. The first kappa shape index (κ1) is 14.9. The summed E-state index contributed by atoms with van der Waals surface area (Å²) in [7, 11) is 3.34. The molecule has 0 aliphatic carbocycles. The number of benzene rings is 2. The van der Waals surface area contributed by atoms with Gasteiger partial charge in [0.2, 0.25) is 0 Å². The molecule has 2 rings (SSSR count). The second-order valence-corrected chi connectivity index (χ2v) is 5.24. The largest absolute Gasteiger partial charge is 0.496 e. The molecule has 0 aliphatic heterocycles. The molecular weight excluding hydrogens is 320 g/mol. The Bertz CT molecular complexity index is 569. The van der Waals surface area contributed by atoms with Crippen LogP contribution in [0.4, 0.5) is 0 Å². The van der Waals surface area contributed by atoms with Crippen molar-refractivity contribution in [1.82, 2.24) is 0 Å². The minimum atomic E-state index is 0.457. The third-order valence-corrected chi connectivity index (χ3v) is 3.34. The van der Waals surface area contributed by atoms with Gasteiger partial charge in [0.15, 0.2) is 0 Å². The SMILES string of the molecule is COCc1cccc(OCc2cc(Br)ccc2OC)c1. The Labute approximate surface area is 127 Å². The average Bonchev–Trinajstić information content (AvgIpc) is 2.46. The molecule has 2 aromatic carbocycles. The van der Waals surface area contributed by atoms with Crippen molar-refractivity contribution in [1.29, 1.82) is 0 Å². The minimum Gasteiger partial charge on any atom is -0.496 e. The summed E-state index contributed by atoms with van der Waals surface area (Å²) in [6.45, 7) is 1.04. The highest BCUT2D eigenvalue weighted by Gasteiger charge is 2.05. The van der Waals surface area contributed by atoms with Gasteiger partial charge >= 0.3 is 0 Å². The quantitative estimate of drug-likeness (QED) is 0.791. The monoisotopic (exact) mass is 336 g/mol. The van der Waals surface area contributed by atoms with Gasteiger partial charge in [-0.05, 0) is 35.9 Å². The summed E-state index contributed by atoms with van der Waals surface area (Å²) >= 11 is 3.46. The van der Waals surface area contributed by atoms with E-state index in [2.05, 4.69) is 15.9 Å². The van der Waals surface area contributed by atoms with Gasteiger partial charge in [0.25, 0.3) is 0 Å². The van der Waals surface area contributed by atoms with Gasteiger partial charge in [0, 0.05) is 17.1 Å². The normalized spacial score (nSPS) is 10.3. The molecule has 0 unspecified atom stereocenters. The van der Waals surface area contributed by atoms with Crippen molar-refractivity contribution in [2.24, 2.45) is 0 Å². The number of methoxy groups -OCH3 is 2. The van der Waals surface area contributed by atoms with E-state index >= 15 is 0 Å². The molecule has 106 valence electrons. The average molecular weight is 337 g/mol. The third-order valence-electron chi connectivity index (χ3n) is 2.85. The van der Waals surface area contributed by atoms with E-state index in [1.165, 1.54) is 0 Å². The van der Waals surface area contributed by atoms with Crippen LogP contribution in [0, 0.1) is 0 Å². The van der Waals surface area contributed by atoms with Gasteiger partial charge in [-0.2, -0.15) is 0 Å². The van der Waals surface area contributed by atoms with Crippen LogP contribution < -0.4 is 9.47 Å². The van der Waals surface area contributed by atoms with Gasteiger partial charge in [-0.1, -0.05) is 28.1 Å². The van der Waals surface area contributed by atoms with Crippen LogP contribution in [0.25, 0.3) is 0 Å². The van der Waals surface area contributed by atoms with E-state index in [0.29, 0.717) is 13.2 Å². The van der Waals surface area contributed by atoms with Crippen LogP contribution in [0.1, 0.15) is 11.1 Å². The molecule has 0 bridgehead atoms. The van der Waals surface area contributed by atoms with Gasteiger partial charge in [-0.3, -0.25) is 0 Å². The molecule has 0 radical (unpaired) electrons. The van der Waals surface area contributed by atoms with Crippen LogP contribution in [0.3, 0.4) is 0 Å². The lowest BCUT2D eigenvalue weighted by atomic mass is 10.2. The highest BCUT2D eigenvalue weighted by atomic mass is 79.9. The van der Waals surface area contributed by atoms with E-state index in [-0.39, 0.29) is 0 Å². The number of hydrogen-bond acceptors (Lipinski definition) is 3. The fraction of sp³-hybridized carbons (Fsp3) is 0.250. The van der Waals surface area contributed by atoms with Crippen molar-refractivity contribution in [3.63, 3.8) is 0 Å². The molecule has 20 heavy (non-hydrogen) atoms. The fourth-order valence-electron chi connectivity index (χ4n) is 1.91. The maximum Gasteiger partial charge on any atom is 0.125 e. The highest BCUT2D eigenvalue weighted by molar-refractivity contribution is 9.10. The van der Waals surface area contributed by atoms with E-state index in [4.69, 9.17) is 14.2 Å². The molecule has 0 fully saturated rings. The summed E-state index contributed by atoms with van der Waals surface area (Å²) < 4.78 is 17.3. The van der Waals surface area contributed by atoms with Gasteiger partial charge in [0.05, 0.1) is 13.7 Å². The topological polar surface area (TPSA) is 27.7 Å². The number of rotatable bonds is 6. The summed E-state index contributed by atoms with van der Waals surface area (Å²) in [5.74, 6) is 1.64. The van der Waals surface area contributed by atoms with E-state index in [1.807, 2.05) is 42.5 Å². The Morgan fingerprint density at radius 1 is 1.00 bits per heavy atom. The van der Waals surface area contributed by atoms with Crippen molar-refractivity contribution in [2.45, 2.75) is 13.2 Å². The van der Waals surface area contributed by atoms with Crippen molar-refractivity contribution >= 4 is 15.9 Å². The molecule has 0 saturated heterocycles. The van der Waals surface area contributed by atoms with Crippen molar-refractivity contribution in [3.05, 3.63) is 58.1 Å². The van der Waals surface area contributed by atoms with Gasteiger partial charge in [-0.25, -0.2) is 0 Å². The molecule has 0 N–H and O–H groups in total. The lowest BCUT2D eigenvalue weighted by Gasteiger charge is -2.11.